The van der Waals surface area contributed by atoms with Gasteiger partial charge in [0.1, 0.15) is 5.82 Å². The summed E-state index contributed by atoms with van der Waals surface area (Å²) >= 11 is 0. The maximum atomic E-state index is 11.7. The van der Waals surface area contributed by atoms with Gasteiger partial charge in [-0.2, -0.15) is 0 Å². The van der Waals surface area contributed by atoms with E-state index in [0.717, 1.165) is 25.2 Å². The Balaban J connectivity index is 1.83. The zero-order valence-corrected chi connectivity index (χ0v) is 11.3. The van der Waals surface area contributed by atoms with E-state index in [1.807, 2.05) is 12.3 Å². The van der Waals surface area contributed by atoms with E-state index in [1.54, 1.807) is 16.7 Å². The van der Waals surface area contributed by atoms with Crippen molar-refractivity contribution in [3.8, 4) is 0 Å². The SMILES string of the molecule is Cc1nc2c(n1CCn1ccccc1=O)CCCC2. The van der Waals surface area contributed by atoms with Crippen molar-refractivity contribution in [2.24, 2.45) is 0 Å². The Morgan fingerprint density at radius 2 is 2.05 bits per heavy atom. The first-order chi connectivity index (χ1) is 9.25. The fraction of sp³-hybridized carbons (Fsp3) is 0.467. The molecule has 4 nitrogen and oxygen atoms in total. The summed E-state index contributed by atoms with van der Waals surface area (Å²) in [6.45, 7) is 3.60. The molecule has 0 saturated carbocycles. The molecule has 0 bridgehead atoms. The smallest absolute Gasteiger partial charge is 0.250 e. The third kappa shape index (κ3) is 2.35. The number of hydrogen-bond acceptors (Lipinski definition) is 2. The molecule has 19 heavy (non-hydrogen) atoms. The summed E-state index contributed by atoms with van der Waals surface area (Å²) in [6.07, 6.45) is 6.58. The average Bonchev–Trinajstić information content (AvgIpc) is 2.74. The molecular weight excluding hydrogens is 238 g/mol. The van der Waals surface area contributed by atoms with Gasteiger partial charge < -0.3 is 9.13 Å². The first kappa shape index (κ1) is 12.2. The lowest BCUT2D eigenvalue weighted by Crippen LogP contribution is -2.21. The molecule has 4 heteroatoms. The third-order valence-electron chi connectivity index (χ3n) is 3.89. The van der Waals surface area contributed by atoms with Crippen LogP contribution in [-0.4, -0.2) is 14.1 Å². The number of rotatable bonds is 3. The number of hydrogen-bond donors (Lipinski definition) is 0. The molecule has 2 heterocycles. The van der Waals surface area contributed by atoms with E-state index in [4.69, 9.17) is 0 Å². The summed E-state index contributed by atoms with van der Waals surface area (Å²) in [5, 5.41) is 0. The molecule has 2 aromatic rings. The van der Waals surface area contributed by atoms with E-state index in [-0.39, 0.29) is 5.56 Å². The molecule has 0 N–H and O–H groups in total. The number of pyridine rings is 1. The monoisotopic (exact) mass is 257 g/mol. The standard InChI is InChI=1S/C15H19N3O/c1-12-16-13-6-2-3-7-14(13)18(12)11-10-17-9-5-4-8-15(17)19/h4-5,8-9H,2-3,6-7,10-11H2,1H3. The van der Waals surface area contributed by atoms with Gasteiger partial charge in [0, 0.05) is 31.0 Å². The number of fused-ring (bicyclic) bond motifs is 1. The summed E-state index contributed by atoms with van der Waals surface area (Å²) in [6, 6.07) is 5.29. The molecule has 0 fully saturated rings. The van der Waals surface area contributed by atoms with Crippen molar-refractivity contribution in [2.45, 2.75) is 45.7 Å². The Bertz CT molecular complexity index is 639. The van der Waals surface area contributed by atoms with Gasteiger partial charge in [-0.15, -0.1) is 0 Å². The second-order valence-corrected chi connectivity index (χ2v) is 5.14. The van der Waals surface area contributed by atoms with Crippen LogP contribution in [-0.2, 0) is 25.9 Å². The maximum Gasteiger partial charge on any atom is 0.250 e. The molecule has 1 aliphatic carbocycles. The summed E-state index contributed by atoms with van der Waals surface area (Å²) in [5.74, 6) is 1.08. The predicted octanol–water partition coefficient (Wildman–Crippen LogP) is 1.93. The number of imidazole rings is 1. The van der Waals surface area contributed by atoms with Gasteiger partial charge in [-0.25, -0.2) is 4.98 Å². The Kier molecular flexibility index (Phi) is 3.23. The molecule has 3 rings (SSSR count). The number of nitrogens with zero attached hydrogens (tertiary/aromatic N) is 3. The first-order valence-electron chi connectivity index (χ1n) is 6.96. The average molecular weight is 257 g/mol. The van der Waals surface area contributed by atoms with Crippen LogP contribution in [0.25, 0.3) is 0 Å². The van der Waals surface area contributed by atoms with E-state index < -0.39 is 0 Å². The van der Waals surface area contributed by atoms with E-state index in [0.29, 0.717) is 6.54 Å². The van der Waals surface area contributed by atoms with Crippen LogP contribution in [0.4, 0.5) is 0 Å². The molecule has 0 spiro atoms. The highest BCUT2D eigenvalue weighted by atomic mass is 16.1. The quantitative estimate of drug-likeness (QED) is 0.843. The van der Waals surface area contributed by atoms with Crippen molar-refractivity contribution in [2.75, 3.05) is 0 Å². The van der Waals surface area contributed by atoms with E-state index in [9.17, 15) is 4.79 Å². The lowest BCUT2D eigenvalue weighted by atomic mass is 10.0. The molecule has 0 amide bonds. The first-order valence-corrected chi connectivity index (χ1v) is 6.96. The fourth-order valence-electron chi connectivity index (χ4n) is 2.89. The molecule has 0 aliphatic heterocycles. The second-order valence-electron chi connectivity index (χ2n) is 5.14. The lowest BCUT2D eigenvalue weighted by molar-refractivity contribution is 0.528. The van der Waals surface area contributed by atoms with Gasteiger partial charge in [-0.1, -0.05) is 6.07 Å². The minimum absolute atomic E-state index is 0.0640. The van der Waals surface area contributed by atoms with E-state index in [1.165, 1.54) is 24.2 Å². The second kappa shape index (κ2) is 5.03. The number of aryl methyl sites for hydroxylation is 3. The fourth-order valence-corrected chi connectivity index (χ4v) is 2.89. The molecule has 0 saturated heterocycles. The Hall–Kier alpha value is -1.84. The molecule has 1 aliphatic rings. The van der Waals surface area contributed by atoms with Crippen LogP contribution in [0.3, 0.4) is 0 Å². The Morgan fingerprint density at radius 3 is 2.89 bits per heavy atom. The van der Waals surface area contributed by atoms with Gasteiger partial charge in [-0.05, 0) is 38.7 Å². The minimum atomic E-state index is 0.0640. The van der Waals surface area contributed by atoms with Crippen molar-refractivity contribution >= 4 is 0 Å². The topological polar surface area (TPSA) is 39.8 Å². The van der Waals surface area contributed by atoms with Gasteiger partial charge in [0.2, 0.25) is 0 Å². The number of aromatic nitrogens is 3. The summed E-state index contributed by atoms with van der Waals surface area (Å²) in [4.78, 5) is 16.4. The normalized spacial score (nSPS) is 14.4. The maximum absolute atomic E-state index is 11.7. The highest BCUT2D eigenvalue weighted by Gasteiger charge is 2.17. The molecular formula is C15H19N3O. The zero-order valence-electron chi connectivity index (χ0n) is 11.3. The van der Waals surface area contributed by atoms with Gasteiger partial charge >= 0.3 is 0 Å². The third-order valence-corrected chi connectivity index (χ3v) is 3.89. The molecule has 0 atom stereocenters. The van der Waals surface area contributed by atoms with E-state index >= 15 is 0 Å². The van der Waals surface area contributed by atoms with Crippen molar-refractivity contribution in [3.05, 3.63) is 52.0 Å². The van der Waals surface area contributed by atoms with Crippen LogP contribution in [0, 0.1) is 6.92 Å². The predicted molar refractivity (Wildman–Crippen MR) is 74.3 cm³/mol. The summed E-state index contributed by atoms with van der Waals surface area (Å²) in [7, 11) is 0. The van der Waals surface area contributed by atoms with Crippen LogP contribution in [0.2, 0.25) is 0 Å². The largest absolute Gasteiger partial charge is 0.330 e. The summed E-state index contributed by atoms with van der Waals surface area (Å²) < 4.78 is 4.04. The van der Waals surface area contributed by atoms with Crippen LogP contribution < -0.4 is 5.56 Å². The highest BCUT2D eigenvalue weighted by Crippen LogP contribution is 2.21. The Labute approximate surface area is 112 Å². The van der Waals surface area contributed by atoms with Gasteiger partial charge in [0.15, 0.2) is 0 Å². The van der Waals surface area contributed by atoms with Crippen LogP contribution in [0.15, 0.2) is 29.2 Å². The van der Waals surface area contributed by atoms with Gasteiger partial charge in [-0.3, -0.25) is 4.79 Å². The molecule has 100 valence electrons. The lowest BCUT2D eigenvalue weighted by Gasteiger charge is -2.15. The summed E-state index contributed by atoms with van der Waals surface area (Å²) in [5.41, 5.74) is 2.71. The van der Waals surface area contributed by atoms with Crippen LogP contribution >= 0.6 is 0 Å². The minimum Gasteiger partial charge on any atom is -0.330 e. The molecule has 0 radical (unpaired) electrons. The van der Waals surface area contributed by atoms with Crippen molar-refractivity contribution in [1.29, 1.82) is 0 Å². The van der Waals surface area contributed by atoms with Crippen LogP contribution in [0.1, 0.15) is 30.1 Å². The van der Waals surface area contributed by atoms with Crippen molar-refractivity contribution in [3.63, 3.8) is 0 Å². The van der Waals surface area contributed by atoms with Crippen molar-refractivity contribution in [1.82, 2.24) is 14.1 Å². The van der Waals surface area contributed by atoms with E-state index in [2.05, 4.69) is 16.5 Å². The van der Waals surface area contributed by atoms with Crippen molar-refractivity contribution < 1.29 is 0 Å². The van der Waals surface area contributed by atoms with Crippen LogP contribution in [0.5, 0.6) is 0 Å². The Morgan fingerprint density at radius 1 is 1.21 bits per heavy atom. The molecule has 0 unspecified atom stereocenters. The molecule has 0 aromatic carbocycles. The highest BCUT2D eigenvalue weighted by molar-refractivity contribution is 5.19. The van der Waals surface area contributed by atoms with Gasteiger partial charge in [0.25, 0.3) is 5.56 Å². The van der Waals surface area contributed by atoms with Gasteiger partial charge in [0.05, 0.1) is 5.69 Å². The molecule has 2 aromatic heterocycles. The zero-order chi connectivity index (χ0) is 13.2.